The van der Waals surface area contributed by atoms with Crippen molar-refractivity contribution in [3.8, 4) is 0 Å². The summed E-state index contributed by atoms with van der Waals surface area (Å²) in [6.07, 6.45) is -7.08. The van der Waals surface area contributed by atoms with Gasteiger partial charge < -0.3 is 39.0 Å². The molecular weight excluding hydrogens is 456 g/mol. The summed E-state index contributed by atoms with van der Waals surface area (Å²) >= 11 is 0. The number of carboxylic acids is 1. The molecule has 6 fully saturated rings. The Morgan fingerprint density at radius 2 is 1.82 bits per heavy atom. The summed E-state index contributed by atoms with van der Waals surface area (Å²) in [4.78, 5) is 50.5. The van der Waals surface area contributed by atoms with E-state index in [1.165, 1.54) is 6.92 Å². The third-order valence-electron chi connectivity index (χ3n) is 9.34. The topological polar surface area (TPSA) is 175 Å². The number of aliphatic carboxylic acids is 1. The molecule has 2 saturated carbocycles. The summed E-state index contributed by atoms with van der Waals surface area (Å²) in [7, 11) is 0. The highest BCUT2D eigenvalue weighted by Crippen LogP contribution is 2.84. The van der Waals surface area contributed by atoms with Crippen molar-refractivity contribution in [2.24, 2.45) is 28.1 Å². The lowest BCUT2D eigenvalue weighted by atomic mass is 9.51. The molecular formula is C22H26O12. The predicted molar refractivity (Wildman–Crippen MR) is 103 cm³/mol. The molecule has 0 radical (unpaired) electrons. The van der Waals surface area contributed by atoms with E-state index in [4.69, 9.17) is 23.7 Å². The van der Waals surface area contributed by atoms with Crippen molar-refractivity contribution in [2.75, 3.05) is 6.61 Å². The molecule has 6 rings (SSSR count). The van der Waals surface area contributed by atoms with E-state index in [1.807, 2.05) is 20.8 Å². The molecule has 12 nitrogen and oxygen atoms in total. The lowest BCUT2D eigenvalue weighted by Gasteiger charge is -2.48. The predicted octanol–water partition coefficient (Wildman–Crippen LogP) is -1.26. The van der Waals surface area contributed by atoms with Gasteiger partial charge in [-0.15, -0.1) is 0 Å². The Balaban J connectivity index is 1.67. The van der Waals surface area contributed by atoms with E-state index >= 15 is 0 Å². The Morgan fingerprint density at radius 3 is 2.44 bits per heavy atom. The zero-order valence-corrected chi connectivity index (χ0v) is 19.0. The van der Waals surface area contributed by atoms with Crippen molar-refractivity contribution in [3.63, 3.8) is 0 Å². The molecule has 4 heterocycles. The summed E-state index contributed by atoms with van der Waals surface area (Å²) < 4.78 is 28.5. The van der Waals surface area contributed by atoms with Crippen molar-refractivity contribution in [2.45, 2.75) is 76.0 Å². The van der Waals surface area contributed by atoms with E-state index < -0.39 is 100 Å². The van der Waals surface area contributed by atoms with Gasteiger partial charge in [0, 0.05) is 0 Å². The van der Waals surface area contributed by atoms with Crippen LogP contribution < -0.4 is 0 Å². The van der Waals surface area contributed by atoms with Gasteiger partial charge in [-0.3, -0.25) is 4.79 Å². The van der Waals surface area contributed by atoms with Gasteiger partial charge in [0.1, 0.15) is 18.8 Å². The normalized spacial score (nSPS) is 54.3. The average Bonchev–Trinajstić information content (AvgIpc) is 3.43. The van der Waals surface area contributed by atoms with E-state index in [-0.39, 0.29) is 6.42 Å². The van der Waals surface area contributed by atoms with Gasteiger partial charge in [0.25, 0.3) is 0 Å². The largest absolute Gasteiger partial charge is 0.480 e. The number of carboxylic acid groups (broad SMARTS) is 1. The van der Waals surface area contributed by atoms with Crippen LogP contribution in [-0.4, -0.2) is 87.7 Å². The number of esters is 3. The Morgan fingerprint density at radius 1 is 1.15 bits per heavy atom. The number of ether oxygens (including phenoxy) is 5. The lowest BCUT2D eigenvalue weighted by Crippen LogP contribution is -2.67. The van der Waals surface area contributed by atoms with Crippen LogP contribution in [0.4, 0.5) is 0 Å². The smallest absolute Gasteiger partial charge is 0.343 e. The molecule has 0 aromatic heterocycles. The SMILES string of the molecule is CC1C(=O)O[C@H]2[C@H](O)[C@@]34C5C[C@@H](C(C)(C)C)C36[C@@H](OC(=O)[C@@H]6OCC(=O)O)O[C@@]4(C(=O)O5)[C@@]12O. The number of aliphatic hydroxyl groups excluding tert-OH is 1. The fourth-order valence-electron chi connectivity index (χ4n) is 8.45. The van der Waals surface area contributed by atoms with Crippen LogP contribution in [0.25, 0.3) is 0 Å². The summed E-state index contributed by atoms with van der Waals surface area (Å²) in [5, 5.41) is 33.1. The maximum Gasteiger partial charge on any atom is 0.343 e. The standard InChI is InChI=1S/C22H26O12/c1-7-14(26)32-12-11(25)20-9-5-8(18(2,3)4)19(20)13(30-6-10(23)24)15(27)33-17(19)34-22(20,16(28)31-9)21(7,12)29/h7-9,11-13,17,25,29H,5-6H2,1-4H3,(H,23,24)/t7?,8-,9?,11-,12-,13-,17-,19?,20-,21+,22+/m0/s1. The van der Waals surface area contributed by atoms with Crippen LogP contribution in [0.15, 0.2) is 0 Å². The van der Waals surface area contributed by atoms with E-state index in [1.54, 1.807) is 0 Å². The van der Waals surface area contributed by atoms with Crippen molar-refractivity contribution >= 4 is 23.9 Å². The molecule has 0 aromatic rings. The van der Waals surface area contributed by atoms with Gasteiger partial charge >= 0.3 is 23.9 Å². The molecule has 0 amide bonds. The third kappa shape index (κ3) is 1.80. The third-order valence-corrected chi connectivity index (χ3v) is 9.34. The van der Waals surface area contributed by atoms with Crippen molar-refractivity contribution < 1.29 is 58.2 Å². The Hall–Kier alpha value is -2.28. The molecule has 3 N–H and O–H groups in total. The minimum atomic E-state index is -2.32. The number of fused-ring (bicyclic) bond motifs is 1. The van der Waals surface area contributed by atoms with Crippen LogP contribution >= 0.6 is 0 Å². The molecule has 6 aliphatic rings. The van der Waals surface area contributed by atoms with Gasteiger partial charge in [-0.05, 0) is 24.7 Å². The number of carbonyl (C=O) groups excluding carboxylic acids is 3. The number of hydrogen-bond donors (Lipinski definition) is 3. The summed E-state index contributed by atoms with van der Waals surface area (Å²) in [6, 6.07) is 0. The zero-order chi connectivity index (χ0) is 24.8. The van der Waals surface area contributed by atoms with Crippen molar-refractivity contribution in [3.05, 3.63) is 0 Å². The van der Waals surface area contributed by atoms with E-state index in [2.05, 4.69) is 0 Å². The first kappa shape index (κ1) is 22.2. The first-order chi connectivity index (χ1) is 15.7. The van der Waals surface area contributed by atoms with Crippen LogP contribution in [-0.2, 0) is 42.9 Å². The van der Waals surface area contributed by atoms with Gasteiger partial charge in [-0.1, -0.05) is 20.8 Å². The first-order valence-electron chi connectivity index (χ1n) is 11.3. The lowest BCUT2D eigenvalue weighted by molar-refractivity contribution is -0.240. The Labute approximate surface area is 193 Å². The zero-order valence-electron chi connectivity index (χ0n) is 19.0. The second-order valence-corrected chi connectivity index (χ2v) is 11.4. The molecule has 2 spiro atoms. The van der Waals surface area contributed by atoms with Crippen molar-refractivity contribution in [1.29, 1.82) is 0 Å². The highest BCUT2D eigenvalue weighted by molar-refractivity contribution is 5.94. The second-order valence-electron chi connectivity index (χ2n) is 11.4. The number of rotatable bonds is 3. The molecule has 12 heteroatoms. The van der Waals surface area contributed by atoms with Crippen LogP contribution in [0.5, 0.6) is 0 Å². The molecule has 0 aromatic carbocycles. The number of hydrogen-bond acceptors (Lipinski definition) is 11. The van der Waals surface area contributed by atoms with Crippen LogP contribution in [0.3, 0.4) is 0 Å². The summed E-state index contributed by atoms with van der Waals surface area (Å²) in [6.45, 7) is 6.19. The highest BCUT2D eigenvalue weighted by atomic mass is 16.8. The number of aliphatic hydroxyl groups is 2. The summed E-state index contributed by atoms with van der Waals surface area (Å²) in [5.74, 6) is -5.84. The minimum Gasteiger partial charge on any atom is -0.480 e. The molecule has 0 bridgehead atoms. The molecule has 3 unspecified atom stereocenters. The molecule has 34 heavy (non-hydrogen) atoms. The fraction of sp³-hybridized carbons (Fsp3) is 0.818. The first-order valence-corrected chi connectivity index (χ1v) is 11.3. The fourth-order valence-corrected chi connectivity index (χ4v) is 8.45. The summed E-state index contributed by atoms with van der Waals surface area (Å²) in [5.41, 5.74) is -8.62. The number of carbonyl (C=O) groups is 4. The van der Waals surface area contributed by atoms with Crippen molar-refractivity contribution in [1.82, 2.24) is 0 Å². The Kier molecular flexibility index (Phi) is 3.86. The van der Waals surface area contributed by atoms with Crippen LogP contribution in [0.2, 0.25) is 0 Å². The van der Waals surface area contributed by atoms with Crippen LogP contribution in [0, 0.1) is 28.1 Å². The molecule has 2 aliphatic carbocycles. The highest BCUT2D eigenvalue weighted by Gasteiger charge is 3.04. The monoisotopic (exact) mass is 482 g/mol. The van der Waals surface area contributed by atoms with E-state index in [9.17, 15) is 34.5 Å². The molecule has 4 saturated heterocycles. The van der Waals surface area contributed by atoms with E-state index in [0.29, 0.717) is 0 Å². The van der Waals surface area contributed by atoms with Gasteiger partial charge in [0.05, 0.1) is 16.7 Å². The average molecular weight is 482 g/mol. The van der Waals surface area contributed by atoms with Crippen LogP contribution in [0.1, 0.15) is 34.1 Å². The molecule has 186 valence electrons. The second kappa shape index (κ2) is 5.92. The molecule has 4 aliphatic heterocycles. The maximum atomic E-state index is 13.6. The van der Waals surface area contributed by atoms with Gasteiger partial charge in [-0.2, -0.15) is 0 Å². The molecule has 11 atom stereocenters. The Bertz CT molecular complexity index is 1050. The van der Waals surface area contributed by atoms with Gasteiger partial charge in [0.15, 0.2) is 17.8 Å². The quantitative estimate of drug-likeness (QED) is 0.322. The van der Waals surface area contributed by atoms with E-state index in [0.717, 1.165) is 0 Å². The van der Waals surface area contributed by atoms with Gasteiger partial charge in [-0.25, -0.2) is 14.4 Å². The maximum absolute atomic E-state index is 13.6. The van der Waals surface area contributed by atoms with Gasteiger partial charge in [0.2, 0.25) is 11.9 Å². The minimum absolute atomic E-state index is 0.169.